The third kappa shape index (κ3) is 3.89. The molecule has 2 heterocycles. The van der Waals surface area contributed by atoms with E-state index in [-0.39, 0.29) is 0 Å². The van der Waals surface area contributed by atoms with E-state index >= 15 is 0 Å². The molecule has 0 saturated carbocycles. The summed E-state index contributed by atoms with van der Waals surface area (Å²) in [5.41, 5.74) is 1.95. The van der Waals surface area contributed by atoms with Gasteiger partial charge in [0.15, 0.2) is 0 Å². The maximum atomic E-state index is 4.61. The minimum atomic E-state index is 0.957. The van der Waals surface area contributed by atoms with E-state index in [2.05, 4.69) is 27.6 Å². The smallest absolute Gasteiger partial charge is 0.0998 e. The van der Waals surface area contributed by atoms with E-state index in [0.29, 0.717) is 0 Å². The second kappa shape index (κ2) is 7.24. The average Bonchev–Trinajstić information content (AvgIpc) is 2.88. The number of hydrogen-bond acceptors (Lipinski definition) is 4. The molecule has 0 bridgehead atoms. The molecule has 0 radical (unpaired) electrons. The molecule has 2 aromatic rings. The Hall–Kier alpha value is -1.26. The predicted octanol–water partition coefficient (Wildman–Crippen LogP) is 3.14. The first-order valence-electron chi connectivity index (χ1n) is 6.46. The maximum Gasteiger partial charge on any atom is 0.0998 e. The van der Waals surface area contributed by atoms with Gasteiger partial charge >= 0.3 is 0 Å². The van der Waals surface area contributed by atoms with E-state index in [4.69, 9.17) is 0 Å². The Balaban J connectivity index is 1.83. The Bertz CT molecular complexity index is 453. The lowest BCUT2D eigenvalue weighted by atomic mass is 10.3. The second-order valence-corrected chi connectivity index (χ2v) is 5.14. The molecule has 2 rings (SSSR count). The molecule has 4 heteroatoms. The fourth-order valence-corrected chi connectivity index (χ4v) is 2.47. The zero-order valence-electron chi connectivity index (χ0n) is 10.7. The van der Waals surface area contributed by atoms with Crippen LogP contribution in [-0.2, 0) is 6.42 Å². The molecule has 18 heavy (non-hydrogen) atoms. The van der Waals surface area contributed by atoms with Crippen LogP contribution in [0.2, 0.25) is 0 Å². The molecular weight excluding hydrogens is 242 g/mol. The minimum absolute atomic E-state index is 0.957. The van der Waals surface area contributed by atoms with Gasteiger partial charge < -0.3 is 5.32 Å². The molecule has 0 unspecified atom stereocenters. The molecule has 2 aromatic heterocycles. The van der Waals surface area contributed by atoms with E-state index in [1.807, 2.05) is 18.2 Å². The molecule has 0 aromatic carbocycles. The monoisotopic (exact) mass is 261 g/mol. The molecule has 0 spiro atoms. The molecule has 0 amide bonds. The topological polar surface area (TPSA) is 37.8 Å². The molecule has 1 N–H and O–H groups in total. The van der Waals surface area contributed by atoms with Gasteiger partial charge in [0, 0.05) is 24.5 Å². The minimum Gasteiger partial charge on any atom is -0.316 e. The van der Waals surface area contributed by atoms with Crippen molar-refractivity contribution in [1.29, 1.82) is 0 Å². The molecule has 0 saturated heterocycles. The highest BCUT2D eigenvalue weighted by Crippen LogP contribution is 2.19. The lowest BCUT2D eigenvalue weighted by Gasteiger charge is -2.00. The Morgan fingerprint density at radius 2 is 2.17 bits per heavy atom. The standard InChI is InChI=1S/C14H19N3S/c1-2-3-8-15-10-7-14-17-13(11-18-14)12-6-4-5-9-16-12/h4-6,9,11,15H,2-3,7-8,10H2,1H3. The molecule has 0 atom stereocenters. The summed E-state index contributed by atoms with van der Waals surface area (Å²) >= 11 is 1.72. The highest BCUT2D eigenvalue weighted by molar-refractivity contribution is 7.09. The van der Waals surface area contributed by atoms with Crippen molar-refractivity contribution in [1.82, 2.24) is 15.3 Å². The number of thiazole rings is 1. The number of unbranched alkanes of at least 4 members (excludes halogenated alkanes) is 1. The number of hydrogen-bond donors (Lipinski definition) is 1. The fraction of sp³-hybridized carbons (Fsp3) is 0.429. The van der Waals surface area contributed by atoms with Gasteiger partial charge in [0.05, 0.1) is 16.4 Å². The van der Waals surface area contributed by atoms with E-state index in [0.717, 1.165) is 30.9 Å². The summed E-state index contributed by atoms with van der Waals surface area (Å²) in [5, 5.41) is 6.70. The largest absolute Gasteiger partial charge is 0.316 e. The maximum absolute atomic E-state index is 4.61. The molecule has 0 fully saturated rings. The van der Waals surface area contributed by atoms with Gasteiger partial charge in [0.25, 0.3) is 0 Å². The number of nitrogens with zero attached hydrogens (tertiary/aromatic N) is 2. The zero-order chi connectivity index (χ0) is 12.6. The van der Waals surface area contributed by atoms with Crippen molar-refractivity contribution >= 4 is 11.3 Å². The van der Waals surface area contributed by atoms with Gasteiger partial charge in [-0.3, -0.25) is 4.98 Å². The molecule has 96 valence electrons. The highest BCUT2D eigenvalue weighted by atomic mass is 32.1. The molecule has 0 aliphatic rings. The molecule has 3 nitrogen and oxygen atoms in total. The number of rotatable bonds is 7. The Morgan fingerprint density at radius 3 is 2.94 bits per heavy atom. The van der Waals surface area contributed by atoms with E-state index in [1.165, 1.54) is 17.8 Å². The molecule has 0 aliphatic carbocycles. The van der Waals surface area contributed by atoms with Crippen molar-refractivity contribution in [3.63, 3.8) is 0 Å². The predicted molar refractivity (Wildman–Crippen MR) is 76.8 cm³/mol. The highest BCUT2D eigenvalue weighted by Gasteiger charge is 2.04. The lowest BCUT2D eigenvalue weighted by Crippen LogP contribution is -2.18. The third-order valence-electron chi connectivity index (χ3n) is 2.70. The first-order valence-corrected chi connectivity index (χ1v) is 7.34. The zero-order valence-corrected chi connectivity index (χ0v) is 11.5. The Labute approximate surface area is 112 Å². The van der Waals surface area contributed by atoms with Gasteiger partial charge in [-0.2, -0.15) is 0 Å². The van der Waals surface area contributed by atoms with Crippen molar-refractivity contribution in [2.75, 3.05) is 13.1 Å². The van der Waals surface area contributed by atoms with E-state index in [9.17, 15) is 0 Å². The van der Waals surface area contributed by atoms with Gasteiger partial charge in [-0.1, -0.05) is 19.4 Å². The summed E-state index contributed by atoms with van der Waals surface area (Å²) in [6.07, 6.45) is 5.30. The van der Waals surface area contributed by atoms with Gasteiger partial charge in [0.2, 0.25) is 0 Å². The van der Waals surface area contributed by atoms with Gasteiger partial charge in [-0.05, 0) is 25.1 Å². The van der Waals surface area contributed by atoms with Crippen molar-refractivity contribution in [2.24, 2.45) is 0 Å². The van der Waals surface area contributed by atoms with Crippen molar-refractivity contribution < 1.29 is 0 Å². The van der Waals surface area contributed by atoms with Gasteiger partial charge in [-0.15, -0.1) is 11.3 Å². The average molecular weight is 261 g/mol. The van der Waals surface area contributed by atoms with E-state index < -0.39 is 0 Å². The SMILES string of the molecule is CCCCNCCc1nc(-c2ccccn2)cs1. The summed E-state index contributed by atoms with van der Waals surface area (Å²) in [5.74, 6) is 0. The Morgan fingerprint density at radius 1 is 1.22 bits per heavy atom. The number of nitrogens with one attached hydrogen (secondary N) is 1. The summed E-state index contributed by atoms with van der Waals surface area (Å²) in [6, 6.07) is 5.92. The van der Waals surface area contributed by atoms with E-state index in [1.54, 1.807) is 17.5 Å². The van der Waals surface area contributed by atoms with Crippen LogP contribution in [0.5, 0.6) is 0 Å². The summed E-state index contributed by atoms with van der Waals surface area (Å²) < 4.78 is 0. The normalized spacial score (nSPS) is 10.7. The third-order valence-corrected chi connectivity index (χ3v) is 3.61. The lowest BCUT2D eigenvalue weighted by molar-refractivity contribution is 0.639. The second-order valence-electron chi connectivity index (χ2n) is 4.20. The van der Waals surface area contributed by atoms with Crippen molar-refractivity contribution in [3.8, 4) is 11.4 Å². The van der Waals surface area contributed by atoms with Crippen LogP contribution in [0, 0.1) is 0 Å². The van der Waals surface area contributed by atoms with Crippen LogP contribution in [0.3, 0.4) is 0 Å². The first-order chi connectivity index (χ1) is 8.90. The first kappa shape index (κ1) is 13.2. The molecular formula is C14H19N3S. The number of pyridine rings is 1. The summed E-state index contributed by atoms with van der Waals surface area (Å²) in [4.78, 5) is 8.93. The van der Waals surface area contributed by atoms with Crippen molar-refractivity contribution in [2.45, 2.75) is 26.2 Å². The van der Waals surface area contributed by atoms with Crippen molar-refractivity contribution in [3.05, 3.63) is 34.8 Å². The van der Waals surface area contributed by atoms with Crippen LogP contribution < -0.4 is 5.32 Å². The molecule has 0 aliphatic heterocycles. The summed E-state index contributed by atoms with van der Waals surface area (Å²) in [7, 11) is 0. The Kier molecular flexibility index (Phi) is 5.30. The van der Waals surface area contributed by atoms with Crippen LogP contribution in [0.15, 0.2) is 29.8 Å². The van der Waals surface area contributed by atoms with Crippen LogP contribution in [0.25, 0.3) is 11.4 Å². The fourth-order valence-electron chi connectivity index (χ4n) is 1.68. The quantitative estimate of drug-likeness (QED) is 0.778. The van der Waals surface area contributed by atoms with Crippen LogP contribution in [-0.4, -0.2) is 23.1 Å². The van der Waals surface area contributed by atoms with Crippen LogP contribution >= 0.6 is 11.3 Å². The number of aromatic nitrogens is 2. The van der Waals surface area contributed by atoms with Gasteiger partial charge in [0.1, 0.15) is 0 Å². The van der Waals surface area contributed by atoms with Gasteiger partial charge in [-0.25, -0.2) is 4.98 Å². The van der Waals surface area contributed by atoms with Crippen LogP contribution in [0.1, 0.15) is 24.8 Å². The van der Waals surface area contributed by atoms with Crippen LogP contribution in [0.4, 0.5) is 0 Å². The summed E-state index contributed by atoms with van der Waals surface area (Å²) in [6.45, 7) is 4.33.